The normalized spacial score (nSPS) is 14.6. The summed E-state index contributed by atoms with van der Waals surface area (Å²) in [5, 5.41) is 5.08. The third-order valence-electron chi connectivity index (χ3n) is 4.55. The molecule has 1 aliphatic carbocycles. The molecule has 3 aromatic rings. The number of aryl methyl sites for hydroxylation is 1. The van der Waals surface area contributed by atoms with Gasteiger partial charge in [-0.15, -0.1) is 0 Å². The van der Waals surface area contributed by atoms with Crippen LogP contribution in [0.3, 0.4) is 0 Å². The first-order chi connectivity index (χ1) is 10.8. The standard InChI is InChI=1S/C20H22N2/c1-15-6-5-9-19-20(15)17(12-21-18-10-11-18)14-22(19)13-16-7-3-2-4-8-16/h2-9,14,18,21H,10-13H2,1H3. The van der Waals surface area contributed by atoms with E-state index in [1.165, 1.54) is 40.4 Å². The fraction of sp³-hybridized carbons (Fsp3) is 0.300. The molecule has 0 spiro atoms. The predicted octanol–water partition coefficient (Wildman–Crippen LogP) is 4.25. The fourth-order valence-electron chi connectivity index (χ4n) is 3.22. The average Bonchev–Trinajstić information content (AvgIpc) is 3.30. The number of aromatic nitrogens is 1. The lowest BCUT2D eigenvalue weighted by molar-refractivity contribution is 0.687. The Labute approximate surface area is 131 Å². The van der Waals surface area contributed by atoms with Gasteiger partial charge in [-0.1, -0.05) is 42.5 Å². The van der Waals surface area contributed by atoms with Gasteiger partial charge in [-0.2, -0.15) is 0 Å². The third-order valence-corrected chi connectivity index (χ3v) is 4.55. The molecule has 1 aromatic heterocycles. The zero-order chi connectivity index (χ0) is 14.9. The Morgan fingerprint density at radius 1 is 1.05 bits per heavy atom. The van der Waals surface area contributed by atoms with Gasteiger partial charge in [0.2, 0.25) is 0 Å². The summed E-state index contributed by atoms with van der Waals surface area (Å²) >= 11 is 0. The van der Waals surface area contributed by atoms with E-state index in [4.69, 9.17) is 0 Å². The van der Waals surface area contributed by atoms with Crippen molar-refractivity contribution in [3.05, 3.63) is 71.4 Å². The number of benzene rings is 2. The molecule has 1 aliphatic rings. The van der Waals surface area contributed by atoms with Crippen molar-refractivity contribution in [2.75, 3.05) is 0 Å². The van der Waals surface area contributed by atoms with E-state index in [2.05, 4.69) is 71.5 Å². The summed E-state index contributed by atoms with van der Waals surface area (Å²) in [6.07, 6.45) is 5.00. The van der Waals surface area contributed by atoms with Crippen LogP contribution in [-0.2, 0) is 13.1 Å². The monoisotopic (exact) mass is 290 g/mol. The van der Waals surface area contributed by atoms with Crippen LogP contribution < -0.4 is 5.32 Å². The van der Waals surface area contributed by atoms with Gasteiger partial charge in [-0.3, -0.25) is 0 Å². The van der Waals surface area contributed by atoms with Crippen LogP contribution in [0.5, 0.6) is 0 Å². The molecule has 1 fully saturated rings. The molecule has 0 radical (unpaired) electrons. The minimum atomic E-state index is 0.747. The highest BCUT2D eigenvalue weighted by Gasteiger charge is 2.21. The minimum absolute atomic E-state index is 0.747. The molecule has 1 N–H and O–H groups in total. The summed E-state index contributed by atoms with van der Waals surface area (Å²) < 4.78 is 2.39. The molecule has 1 saturated carbocycles. The van der Waals surface area contributed by atoms with Crippen LogP contribution in [0.2, 0.25) is 0 Å². The molecular weight excluding hydrogens is 268 g/mol. The lowest BCUT2D eigenvalue weighted by atomic mass is 10.1. The molecule has 0 aliphatic heterocycles. The molecule has 0 bridgehead atoms. The van der Waals surface area contributed by atoms with E-state index in [1.807, 2.05) is 0 Å². The second kappa shape index (κ2) is 5.62. The van der Waals surface area contributed by atoms with Crippen molar-refractivity contribution >= 4 is 10.9 Å². The smallest absolute Gasteiger partial charge is 0.0489 e. The summed E-state index contributed by atoms with van der Waals surface area (Å²) in [5.74, 6) is 0. The first kappa shape index (κ1) is 13.6. The van der Waals surface area contributed by atoms with Crippen molar-refractivity contribution in [3.63, 3.8) is 0 Å². The molecule has 1 heterocycles. The lowest BCUT2D eigenvalue weighted by Crippen LogP contribution is -2.15. The van der Waals surface area contributed by atoms with Crippen LogP contribution in [0.4, 0.5) is 0 Å². The second-order valence-electron chi connectivity index (χ2n) is 6.39. The quantitative estimate of drug-likeness (QED) is 0.743. The van der Waals surface area contributed by atoms with Gasteiger partial charge in [-0.25, -0.2) is 0 Å². The molecular formula is C20H22N2. The van der Waals surface area contributed by atoms with Crippen LogP contribution in [0.25, 0.3) is 10.9 Å². The van der Waals surface area contributed by atoms with E-state index < -0.39 is 0 Å². The molecule has 0 saturated heterocycles. The van der Waals surface area contributed by atoms with Crippen LogP contribution in [-0.4, -0.2) is 10.6 Å². The van der Waals surface area contributed by atoms with E-state index in [9.17, 15) is 0 Å². The fourth-order valence-corrected chi connectivity index (χ4v) is 3.22. The van der Waals surface area contributed by atoms with Gasteiger partial charge in [-0.05, 0) is 42.5 Å². The van der Waals surface area contributed by atoms with Gasteiger partial charge in [0.15, 0.2) is 0 Å². The largest absolute Gasteiger partial charge is 0.343 e. The first-order valence-corrected chi connectivity index (χ1v) is 8.16. The summed E-state index contributed by atoms with van der Waals surface area (Å²) in [4.78, 5) is 0. The maximum absolute atomic E-state index is 3.66. The van der Waals surface area contributed by atoms with Crippen LogP contribution in [0.15, 0.2) is 54.7 Å². The Hall–Kier alpha value is -2.06. The Balaban J connectivity index is 1.72. The highest BCUT2D eigenvalue weighted by molar-refractivity contribution is 5.87. The number of hydrogen-bond donors (Lipinski definition) is 1. The molecule has 22 heavy (non-hydrogen) atoms. The van der Waals surface area contributed by atoms with Crippen molar-refractivity contribution in [1.29, 1.82) is 0 Å². The number of rotatable bonds is 5. The van der Waals surface area contributed by atoms with E-state index in [0.717, 1.165) is 19.1 Å². The number of hydrogen-bond acceptors (Lipinski definition) is 1. The van der Waals surface area contributed by atoms with E-state index >= 15 is 0 Å². The van der Waals surface area contributed by atoms with Crippen molar-refractivity contribution in [1.82, 2.24) is 9.88 Å². The van der Waals surface area contributed by atoms with Crippen LogP contribution in [0, 0.1) is 6.92 Å². The molecule has 0 atom stereocenters. The number of nitrogens with zero attached hydrogens (tertiary/aromatic N) is 1. The SMILES string of the molecule is Cc1cccc2c1c(CNC1CC1)cn2Cc1ccccc1. The molecule has 4 rings (SSSR count). The third kappa shape index (κ3) is 2.67. The maximum atomic E-state index is 3.66. The minimum Gasteiger partial charge on any atom is -0.343 e. The molecule has 2 heteroatoms. The van der Waals surface area contributed by atoms with Gasteiger partial charge in [0.25, 0.3) is 0 Å². The van der Waals surface area contributed by atoms with Crippen molar-refractivity contribution in [2.45, 2.75) is 38.9 Å². The Bertz CT molecular complexity index is 782. The first-order valence-electron chi connectivity index (χ1n) is 8.16. The summed E-state index contributed by atoms with van der Waals surface area (Å²) in [5.41, 5.74) is 5.49. The van der Waals surface area contributed by atoms with E-state index in [-0.39, 0.29) is 0 Å². The maximum Gasteiger partial charge on any atom is 0.0489 e. The van der Waals surface area contributed by atoms with Gasteiger partial charge in [0.05, 0.1) is 0 Å². The van der Waals surface area contributed by atoms with Crippen molar-refractivity contribution < 1.29 is 0 Å². The summed E-state index contributed by atoms with van der Waals surface area (Å²) in [6, 6.07) is 18.1. The predicted molar refractivity (Wildman–Crippen MR) is 92.1 cm³/mol. The summed E-state index contributed by atoms with van der Waals surface area (Å²) in [7, 11) is 0. The summed E-state index contributed by atoms with van der Waals surface area (Å²) in [6.45, 7) is 4.13. The van der Waals surface area contributed by atoms with E-state index in [1.54, 1.807) is 0 Å². The Kier molecular flexibility index (Phi) is 3.47. The highest BCUT2D eigenvalue weighted by atomic mass is 15.0. The number of nitrogens with one attached hydrogen (secondary N) is 1. The Morgan fingerprint density at radius 3 is 2.64 bits per heavy atom. The average molecular weight is 290 g/mol. The molecule has 2 aromatic carbocycles. The number of fused-ring (bicyclic) bond motifs is 1. The topological polar surface area (TPSA) is 17.0 Å². The lowest BCUT2D eigenvalue weighted by Gasteiger charge is -2.06. The van der Waals surface area contributed by atoms with Gasteiger partial charge < -0.3 is 9.88 Å². The van der Waals surface area contributed by atoms with E-state index in [0.29, 0.717) is 0 Å². The molecule has 0 amide bonds. The second-order valence-corrected chi connectivity index (χ2v) is 6.39. The van der Waals surface area contributed by atoms with Crippen LogP contribution >= 0.6 is 0 Å². The van der Waals surface area contributed by atoms with Gasteiger partial charge >= 0.3 is 0 Å². The zero-order valence-corrected chi connectivity index (χ0v) is 13.0. The van der Waals surface area contributed by atoms with Crippen molar-refractivity contribution in [3.8, 4) is 0 Å². The molecule has 2 nitrogen and oxygen atoms in total. The van der Waals surface area contributed by atoms with Crippen LogP contribution in [0.1, 0.15) is 29.5 Å². The van der Waals surface area contributed by atoms with Gasteiger partial charge in [0.1, 0.15) is 0 Å². The molecule has 0 unspecified atom stereocenters. The van der Waals surface area contributed by atoms with Crippen molar-refractivity contribution in [2.24, 2.45) is 0 Å². The van der Waals surface area contributed by atoms with Gasteiger partial charge in [0, 0.05) is 36.2 Å². The molecule has 112 valence electrons. The zero-order valence-electron chi connectivity index (χ0n) is 13.0. The Morgan fingerprint density at radius 2 is 1.86 bits per heavy atom. The highest BCUT2D eigenvalue weighted by Crippen LogP contribution is 2.27.